The Morgan fingerprint density at radius 2 is 1.63 bits per heavy atom. The molecule has 4 atom stereocenters. The van der Waals surface area contributed by atoms with Crippen molar-refractivity contribution >= 4 is 27.5 Å². The van der Waals surface area contributed by atoms with Crippen LogP contribution in [0.25, 0.3) is 0 Å². The first-order valence-corrected chi connectivity index (χ1v) is 9.49. The maximum atomic E-state index is 12.9. The molecule has 140 valence electrons. The molecule has 2 aromatic carbocycles. The summed E-state index contributed by atoms with van der Waals surface area (Å²) in [4.78, 5) is 24.2. The van der Waals surface area contributed by atoms with Crippen LogP contribution in [0.2, 0.25) is 0 Å². The van der Waals surface area contributed by atoms with Crippen molar-refractivity contribution in [3.8, 4) is 11.5 Å². The summed E-state index contributed by atoms with van der Waals surface area (Å²) in [6, 6.07) is 7.81. The number of phenols is 2. The van der Waals surface area contributed by atoms with Crippen LogP contribution in [-0.4, -0.2) is 42.9 Å². The number of halogens is 1. The fourth-order valence-corrected chi connectivity index (χ4v) is 4.66. The molecule has 0 spiro atoms. The van der Waals surface area contributed by atoms with Crippen LogP contribution in [0.5, 0.6) is 11.5 Å². The first kappa shape index (κ1) is 18.2. The molecule has 0 heterocycles. The van der Waals surface area contributed by atoms with E-state index in [0.717, 1.165) is 0 Å². The number of rotatable bonds is 1. The van der Waals surface area contributed by atoms with Gasteiger partial charge in [0.15, 0.2) is 11.6 Å². The van der Waals surface area contributed by atoms with Crippen molar-refractivity contribution < 1.29 is 30.0 Å². The van der Waals surface area contributed by atoms with Gasteiger partial charge in [0.2, 0.25) is 0 Å². The van der Waals surface area contributed by atoms with E-state index in [9.17, 15) is 30.0 Å². The van der Waals surface area contributed by atoms with Crippen LogP contribution in [0.15, 0.2) is 30.3 Å². The first-order valence-electron chi connectivity index (χ1n) is 8.58. The molecule has 2 aliphatic rings. The van der Waals surface area contributed by atoms with E-state index in [1.165, 1.54) is 12.1 Å². The molecule has 4 N–H and O–H groups in total. The van der Waals surface area contributed by atoms with Gasteiger partial charge >= 0.3 is 0 Å². The highest BCUT2D eigenvalue weighted by Gasteiger charge is 2.43. The van der Waals surface area contributed by atoms with Gasteiger partial charge in [0.05, 0.1) is 5.56 Å². The van der Waals surface area contributed by atoms with Crippen LogP contribution >= 0.6 is 15.9 Å². The van der Waals surface area contributed by atoms with Crippen molar-refractivity contribution in [3.63, 3.8) is 0 Å². The summed E-state index contributed by atoms with van der Waals surface area (Å²) >= 11 is 3.13. The summed E-state index contributed by atoms with van der Waals surface area (Å²) in [6.45, 7) is 0. The predicted octanol–water partition coefficient (Wildman–Crippen LogP) is 2.56. The number of alkyl halides is 1. The number of hydrogen-bond donors (Lipinski definition) is 4. The third-order valence-electron chi connectivity index (χ3n) is 5.44. The minimum absolute atomic E-state index is 0.000645. The Morgan fingerprint density at radius 3 is 2.37 bits per heavy atom. The average Bonchev–Trinajstić information content (AvgIpc) is 2.65. The van der Waals surface area contributed by atoms with Crippen molar-refractivity contribution in [2.75, 3.05) is 0 Å². The van der Waals surface area contributed by atoms with Crippen LogP contribution in [-0.2, 0) is 0 Å². The lowest BCUT2D eigenvalue weighted by molar-refractivity contribution is 0.0117. The molecule has 2 aromatic rings. The summed E-state index contributed by atoms with van der Waals surface area (Å²) in [5.74, 6) is -1.32. The monoisotopic (exact) mass is 432 g/mol. The molecule has 0 aliphatic heterocycles. The number of carbonyl (C=O) groups excluding carboxylic acids is 2. The molecule has 0 fully saturated rings. The summed E-state index contributed by atoms with van der Waals surface area (Å²) in [5.41, 5.74) is 1.57. The second kappa shape index (κ2) is 6.44. The smallest absolute Gasteiger partial charge is 0.180 e. The quantitative estimate of drug-likeness (QED) is 0.514. The summed E-state index contributed by atoms with van der Waals surface area (Å²) in [5, 5.41) is 40.9. The van der Waals surface area contributed by atoms with E-state index in [1.54, 1.807) is 18.2 Å². The van der Waals surface area contributed by atoms with E-state index in [0.29, 0.717) is 17.5 Å². The Morgan fingerprint density at radius 1 is 0.926 bits per heavy atom. The summed E-state index contributed by atoms with van der Waals surface area (Å²) < 4.78 is 0. The van der Waals surface area contributed by atoms with Gasteiger partial charge in [0.25, 0.3) is 0 Å². The molecule has 0 bridgehead atoms. The van der Waals surface area contributed by atoms with Gasteiger partial charge in [-0.2, -0.15) is 0 Å². The van der Waals surface area contributed by atoms with Gasteiger partial charge in [-0.15, -0.1) is 0 Å². The van der Waals surface area contributed by atoms with Gasteiger partial charge < -0.3 is 20.4 Å². The molecular weight excluding hydrogens is 416 g/mol. The van der Waals surface area contributed by atoms with Gasteiger partial charge in [-0.25, -0.2) is 0 Å². The third kappa shape index (κ3) is 2.61. The maximum absolute atomic E-state index is 12.9. The molecule has 0 saturated carbocycles. The molecule has 4 rings (SSSR count). The number of carbonyl (C=O) groups is 2. The average molecular weight is 433 g/mol. The highest BCUT2D eigenvalue weighted by atomic mass is 79.9. The predicted molar refractivity (Wildman–Crippen MR) is 99.6 cm³/mol. The molecule has 0 saturated heterocycles. The second-order valence-electron chi connectivity index (χ2n) is 6.92. The molecule has 0 aromatic heterocycles. The van der Waals surface area contributed by atoms with Crippen LogP contribution in [0.4, 0.5) is 0 Å². The molecular formula is C20H17BrO6. The highest BCUT2D eigenvalue weighted by molar-refractivity contribution is 9.10. The zero-order chi connectivity index (χ0) is 19.5. The number of fused-ring (bicyclic) bond motifs is 2. The van der Waals surface area contributed by atoms with Crippen LogP contribution < -0.4 is 0 Å². The number of ketones is 2. The van der Waals surface area contributed by atoms with Gasteiger partial charge in [-0.1, -0.05) is 34.1 Å². The van der Waals surface area contributed by atoms with Crippen LogP contribution in [0.1, 0.15) is 62.3 Å². The van der Waals surface area contributed by atoms with Crippen LogP contribution in [0, 0.1) is 0 Å². The number of aliphatic hydroxyl groups excluding tert-OH is 2. The van der Waals surface area contributed by atoms with E-state index < -0.39 is 22.8 Å². The Labute approximate surface area is 163 Å². The van der Waals surface area contributed by atoms with Crippen LogP contribution in [0.3, 0.4) is 0 Å². The number of hydrogen-bond acceptors (Lipinski definition) is 6. The van der Waals surface area contributed by atoms with Gasteiger partial charge in [-0.3, -0.25) is 9.59 Å². The van der Waals surface area contributed by atoms with Crippen molar-refractivity contribution in [1.29, 1.82) is 0 Å². The molecule has 27 heavy (non-hydrogen) atoms. The van der Waals surface area contributed by atoms with Crippen molar-refractivity contribution in [3.05, 3.63) is 58.1 Å². The van der Waals surface area contributed by atoms with E-state index in [1.807, 2.05) is 0 Å². The lowest BCUT2D eigenvalue weighted by atomic mass is 9.73. The Balaban J connectivity index is 1.96. The Bertz CT molecular complexity index is 969. The topological polar surface area (TPSA) is 115 Å². The van der Waals surface area contributed by atoms with E-state index in [4.69, 9.17) is 0 Å². The molecule has 0 amide bonds. The summed E-state index contributed by atoms with van der Waals surface area (Å²) in [6.07, 6.45) is -2.15. The summed E-state index contributed by atoms with van der Waals surface area (Å²) in [7, 11) is 0. The SMILES string of the molecule is O=C1CC[C@@H](c2ccc(O)c3c2C(=O)[C@@H](Br)[C@H](O)[C@@H]3O)c2cccc(O)c21. The largest absolute Gasteiger partial charge is 0.508 e. The third-order valence-corrected chi connectivity index (χ3v) is 6.39. The molecule has 0 radical (unpaired) electrons. The van der Waals surface area contributed by atoms with E-state index in [-0.39, 0.29) is 46.3 Å². The molecule has 0 unspecified atom stereocenters. The van der Waals surface area contributed by atoms with Gasteiger partial charge in [0, 0.05) is 23.5 Å². The minimum Gasteiger partial charge on any atom is -0.508 e. The number of Topliss-reactive ketones (excluding diaryl/α,β-unsaturated/α-hetero) is 2. The minimum atomic E-state index is -1.42. The highest BCUT2D eigenvalue weighted by Crippen LogP contribution is 2.46. The lowest BCUT2D eigenvalue weighted by Crippen LogP contribution is -2.40. The molecule has 6 nitrogen and oxygen atoms in total. The fraction of sp³-hybridized carbons (Fsp3) is 0.300. The lowest BCUT2D eigenvalue weighted by Gasteiger charge is -2.34. The zero-order valence-electron chi connectivity index (χ0n) is 14.1. The maximum Gasteiger partial charge on any atom is 0.180 e. The number of aliphatic hydroxyl groups is 2. The van der Waals surface area contributed by atoms with Crippen molar-refractivity contribution in [1.82, 2.24) is 0 Å². The molecule has 7 heteroatoms. The Hall–Kier alpha value is -2.22. The van der Waals surface area contributed by atoms with E-state index in [2.05, 4.69) is 15.9 Å². The normalized spacial score (nSPS) is 27.2. The van der Waals surface area contributed by atoms with E-state index >= 15 is 0 Å². The first-order chi connectivity index (χ1) is 12.8. The second-order valence-corrected chi connectivity index (χ2v) is 7.91. The Kier molecular flexibility index (Phi) is 4.33. The van der Waals surface area contributed by atoms with Gasteiger partial charge in [-0.05, 0) is 29.7 Å². The van der Waals surface area contributed by atoms with Gasteiger partial charge in [0.1, 0.15) is 28.5 Å². The standard InChI is InChI=1S/C20H17BrO6/c21-17-18(25)15-10(5-7-13(24)16(15)19(26)20(17)27)8-4-6-12(23)14-9(8)2-1-3-11(14)22/h1-3,5,7-8,17,19-20,22,24,26-27H,4,6H2/t8-,17-,19-,20+/m1/s1. The number of aromatic hydroxyl groups is 2. The zero-order valence-corrected chi connectivity index (χ0v) is 15.7. The number of benzene rings is 2. The van der Waals surface area contributed by atoms with Crippen molar-refractivity contribution in [2.45, 2.75) is 35.8 Å². The fourth-order valence-electron chi connectivity index (χ4n) is 4.14. The number of phenolic OH excluding ortho intramolecular Hbond substituents is 2. The van der Waals surface area contributed by atoms with Crippen molar-refractivity contribution in [2.24, 2.45) is 0 Å². The molecule has 2 aliphatic carbocycles.